The molecule has 0 aliphatic carbocycles. The molecule has 0 bridgehead atoms. The minimum atomic E-state index is -0.181. The molecule has 35 heteroatoms. The Balaban J connectivity index is 0.000000512. The number of methoxy groups -OCH3 is 4. The van der Waals surface area contributed by atoms with Crippen LogP contribution in [0.2, 0.25) is 0 Å². The van der Waals surface area contributed by atoms with Gasteiger partial charge in [-0.15, -0.1) is 27.1 Å². The number of ether oxygens (including phenoxy) is 4. The predicted molar refractivity (Wildman–Crippen MR) is 311 cm³/mol. The van der Waals surface area contributed by atoms with Crippen molar-refractivity contribution in [1.82, 2.24) is 50.5 Å². The molecule has 0 amide bonds. The van der Waals surface area contributed by atoms with E-state index in [1.54, 1.807) is 66.4 Å². The molecule has 0 radical (unpaired) electrons. The zero-order valence-electron chi connectivity index (χ0n) is 44.4. The third kappa shape index (κ3) is 24.6. The van der Waals surface area contributed by atoms with E-state index >= 15 is 0 Å². The van der Waals surface area contributed by atoms with E-state index in [0.29, 0.717) is 40.9 Å². The van der Waals surface area contributed by atoms with Gasteiger partial charge in [0.2, 0.25) is 29.5 Å². The summed E-state index contributed by atoms with van der Waals surface area (Å²) in [6, 6.07) is 26.1. The molecule has 9 aromatic rings. The van der Waals surface area contributed by atoms with Gasteiger partial charge < -0.3 is 66.0 Å². The van der Waals surface area contributed by atoms with Gasteiger partial charge in [0, 0.05) is 95.9 Å². The summed E-state index contributed by atoms with van der Waals surface area (Å²) in [6.07, 6.45) is 5.22. The van der Waals surface area contributed by atoms with Crippen LogP contribution in [-0.4, -0.2) is 96.7 Å². The van der Waals surface area contributed by atoms with E-state index in [-0.39, 0.29) is 129 Å². The Morgan fingerprint density at radius 2 is 1.19 bits per heavy atom. The maximum absolute atomic E-state index is 8.64. The molecule has 9 rings (SSSR count). The summed E-state index contributed by atoms with van der Waals surface area (Å²) >= 11 is 10.7. The molecule has 0 unspecified atom stereocenters. The first-order valence-electron chi connectivity index (χ1n) is 21.0. The summed E-state index contributed by atoms with van der Waals surface area (Å²) in [6.45, 7) is 3.61. The van der Waals surface area contributed by atoms with Gasteiger partial charge in [-0.3, -0.25) is 15.1 Å². The average Bonchev–Trinajstić information content (AvgIpc) is 4.32. The largest absolute Gasteiger partial charge is 1.00 e. The molecular formula is C44H47K2N15O10S8. The Kier molecular flexibility index (Phi) is 35.6. The molecule has 408 valence electrons. The Morgan fingerprint density at radius 3 is 1.63 bits per heavy atom. The first-order chi connectivity index (χ1) is 37.3. The van der Waals surface area contributed by atoms with E-state index < -0.39 is 0 Å². The number of aromatic nitrogens is 10. The second-order valence-electron chi connectivity index (χ2n) is 13.6. The summed E-state index contributed by atoms with van der Waals surface area (Å²) in [5, 5.41) is 35.5. The molecule has 3 aromatic carbocycles. The number of carbonyl (C=O) groups excluding carboxylic acids is 1. The van der Waals surface area contributed by atoms with Crippen molar-refractivity contribution >= 4 is 136 Å². The molecule has 0 aliphatic rings. The molecule has 25 nitrogen and oxygen atoms in total. The number of rotatable bonds is 11. The van der Waals surface area contributed by atoms with Crippen LogP contribution in [0.1, 0.15) is 14.0 Å². The fourth-order valence-electron chi connectivity index (χ4n) is 5.39. The number of pyridine rings is 2. The van der Waals surface area contributed by atoms with Crippen molar-refractivity contribution in [3.63, 3.8) is 0 Å². The number of aromatic amines is 1. The van der Waals surface area contributed by atoms with Crippen LogP contribution in [0.15, 0.2) is 116 Å². The maximum Gasteiger partial charge on any atom is 1.00 e. The van der Waals surface area contributed by atoms with Crippen LogP contribution in [0.25, 0.3) is 45.4 Å². The molecular weight excluding hydrogens is 1230 g/mol. The van der Waals surface area contributed by atoms with Crippen LogP contribution in [0.4, 0.5) is 35.4 Å². The SMILES string of the molecule is COc1ccc(-c2nnc(N)o2)cc1.COc1ccc(-c2nnc(N=C(C)SC)o2)cc1.COc1ccc(-c2nnc(Nc3nc4c(C)nccc4[nH]3)o2)cc1.COc1nccc(N)c1N.O=CO[O-].S=S=S=S=S=S=S.[H-].[K+].[K+]. The van der Waals surface area contributed by atoms with Gasteiger partial charge in [-0.05, 0) is 105 Å². The van der Waals surface area contributed by atoms with Crippen LogP contribution in [0.5, 0.6) is 23.1 Å². The number of hydrogen-bond acceptors (Lipinski definition) is 27. The van der Waals surface area contributed by atoms with Gasteiger partial charge in [-0.2, -0.15) is 4.99 Å². The van der Waals surface area contributed by atoms with Crippen molar-refractivity contribution < 1.29 is 151 Å². The van der Waals surface area contributed by atoms with Crippen molar-refractivity contribution in [2.45, 2.75) is 13.8 Å². The third-order valence-electron chi connectivity index (χ3n) is 8.98. The smallest absolute Gasteiger partial charge is 1.00 e. The number of aliphatic imine (C=N–C) groups is 1. The molecule has 0 fully saturated rings. The van der Waals surface area contributed by atoms with Gasteiger partial charge in [0.05, 0.1) is 50.4 Å². The number of fused-ring (bicyclic) bond motifs is 1. The van der Waals surface area contributed by atoms with Gasteiger partial charge in [0.1, 0.15) is 28.5 Å². The summed E-state index contributed by atoms with van der Waals surface area (Å²) in [5.41, 5.74) is 22.1. The number of aryl methyl sites for hydroxylation is 1. The Bertz CT molecular complexity index is 3500. The quantitative estimate of drug-likeness (QED) is 0.0291. The van der Waals surface area contributed by atoms with Crippen molar-refractivity contribution in [2.75, 3.05) is 57.2 Å². The Morgan fingerprint density at radius 1 is 0.696 bits per heavy atom. The number of imidazole rings is 1. The zero-order valence-corrected chi connectivity index (χ0v) is 56.1. The number of H-pyrrole nitrogens is 1. The van der Waals surface area contributed by atoms with E-state index in [1.165, 1.54) is 36.6 Å². The van der Waals surface area contributed by atoms with Crippen LogP contribution >= 0.6 is 11.8 Å². The predicted octanol–water partition coefficient (Wildman–Crippen LogP) is 0.347. The van der Waals surface area contributed by atoms with E-state index in [1.807, 2.05) is 99.0 Å². The summed E-state index contributed by atoms with van der Waals surface area (Å²) < 4.78 is 36.2. The Hall–Kier alpha value is -4.49. The van der Waals surface area contributed by atoms with Crippen LogP contribution in [0, 0.1) is 6.92 Å². The zero-order chi connectivity index (χ0) is 56.0. The van der Waals surface area contributed by atoms with Gasteiger partial charge >= 0.3 is 121 Å². The molecule has 6 aromatic heterocycles. The minimum Gasteiger partial charge on any atom is -1.00 e. The molecule has 6 heterocycles. The first-order valence-corrected chi connectivity index (χ1v) is 30.3. The average molecular weight is 1280 g/mol. The van der Waals surface area contributed by atoms with E-state index in [2.05, 4.69) is 88.1 Å². The number of carbonyl (C=O) groups is 1. The fraction of sp³-hybridized carbons (Fsp3) is 0.159. The number of nitrogens with zero attached hydrogens (tertiary/aromatic N) is 10. The van der Waals surface area contributed by atoms with Crippen molar-refractivity contribution in [3.05, 3.63) is 103 Å². The van der Waals surface area contributed by atoms with Gasteiger partial charge in [0.15, 0.2) is 0 Å². The minimum absolute atomic E-state index is 0. The number of benzene rings is 3. The van der Waals surface area contributed by atoms with E-state index in [0.717, 1.165) is 55.7 Å². The summed E-state index contributed by atoms with van der Waals surface area (Å²) in [7, 11) is 13.7. The molecule has 79 heavy (non-hydrogen) atoms. The number of nitrogens with two attached hydrogens (primary N) is 3. The second kappa shape index (κ2) is 39.8. The number of thioether (sulfide) groups is 1. The third-order valence-corrected chi connectivity index (χ3v) is 18.6. The van der Waals surface area contributed by atoms with Crippen molar-refractivity contribution in [3.8, 4) is 57.5 Å². The number of nitrogen functional groups attached to an aromatic ring is 3. The molecule has 0 saturated heterocycles. The van der Waals surface area contributed by atoms with E-state index in [9.17, 15) is 0 Å². The number of hydrogen-bond donors (Lipinski definition) is 5. The van der Waals surface area contributed by atoms with Crippen molar-refractivity contribution in [2.24, 2.45) is 4.99 Å². The maximum atomic E-state index is 8.64. The first kappa shape index (κ1) is 70.6. The molecule has 0 aliphatic heterocycles. The van der Waals surface area contributed by atoms with Crippen LogP contribution in [0.3, 0.4) is 0 Å². The fourth-order valence-corrected chi connectivity index (χ4v) is 13.8. The standard InChI is InChI=1S/C16H14N6O2.C12H13N3O2S.C9H9N3O2.C6H9N3O.CH2O3.2K.S7.H/c1-9-13-12(7-8-17-9)18-15(19-13)20-16-22-21-14(24-16)10-3-5-11(23-2)6-4-10;1-8(18-3)13-12-15-14-11(17-12)9-4-6-10(16-2)7-5-9;1-13-7-4-2-6(3-5-7)8-11-12-9(10)14-8;1-10-6-5(8)4(7)2-3-9-6;2-1-4-3;;;1-3-5-7-6-4-2;/h3-8H,1-2H3,(H2,18,19,20,22);4-7H,1-3H3;2-5H,1H3,(H2,10,12);2-3H,8H2,1H3,(H2,7,9);1,3H;;;;/q;;;;;2*+1;;-1/p-1. The van der Waals surface area contributed by atoms with Gasteiger partial charge in [0.25, 0.3) is 6.47 Å². The summed E-state index contributed by atoms with van der Waals surface area (Å²) in [4.78, 5) is 31.0. The van der Waals surface area contributed by atoms with Gasteiger partial charge in [-0.1, -0.05) is 15.3 Å². The van der Waals surface area contributed by atoms with Crippen molar-refractivity contribution in [1.29, 1.82) is 0 Å². The molecule has 0 spiro atoms. The second-order valence-corrected chi connectivity index (χ2v) is 23.5. The topological polar surface area (TPSA) is 360 Å². The Labute approximate surface area is 566 Å². The van der Waals surface area contributed by atoms with Crippen LogP contribution < -0.4 is 149 Å². The molecule has 0 atom stereocenters. The molecule has 0 saturated carbocycles. The molecule has 8 N–H and O–H groups in total. The summed E-state index contributed by atoms with van der Waals surface area (Å²) in [5.74, 6) is 4.49. The van der Waals surface area contributed by atoms with Gasteiger partial charge in [-0.25, -0.2) is 9.97 Å². The van der Waals surface area contributed by atoms with Crippen LogP contribution in [-0.2, 0) is 76.5 Å². The number of anilines is 5. The normalized spacial score (nSPS) is 9.75. The number of nitrogens with one attached hydrogen (secondary N) is 2. The monoisotopic (exact) mass is 1280 g/mol. The van der Waals surface area contributed by atoms with E-state index in [4.69, 9.17) is 59.5 Å².